The van der Waals surface area contributed by atoms with Gasteiger partial charge in [0, 0.05) is 12.6 Å². The van der Waals surface area contributed by atoms with E-state index in [1.807, 2.05) is 19.1 Å². The minimum absolute atomic E-state index is 0.0555. The van der Waals surface area contributed by atoms with Crippen molar-refractivity contribution in [3.63, 3.8) is 0 Å². The van der Waals surface area contributed by atoms with Crippen LogP contribution in [0.15, 0.2) is 35.1 Å². The van der Waals surface area contributed by atoms with Crippen LogP contribution in [0.4, 0.5) is 0 Å². The summed E-state index contributed by atoms with van der Waals surface area (Å²) in [5, 5.41) is 1.10. The van der Waals surface area contributed by atoms with Crippen molar-refractivity contribution in [1.29, 1.82) is 0 Å². The minimum Gasteiger partial charge on any atom is -0.330 e. The zero-order valence-corrected chi connectivity index (χ0v) is 9.44. The van der Waals surface area contributed by atoms with E-state index in [9.17, 15) is 4.79 Å². The predicted octanol–water partition coefficient (Wildman–Crippen LogP) is 1.52. The maximum absolute atomic E-state index is 11.7. The topological polar surface area (TPSA) is 48.0 Å². The van der Waals surface area contributed by atoms with Crippen LogP contribution in [0.3, 0.4) is 0 Å². The normalized spacial score (nSPS) is 10.9. The SMILES string of the molecule is CCn1c(=O)ccc2ccc(CCN)cc21. The zero-order chi connectivity index (χ0) is 11.5. The summed E-state index contributed by atoms with van der Waals surface area (Å²) in [7, 11) is 0. The van der Waals surface area contributed by atoms with Gasteiger partial charge in [-0.1, -0.05) is 12.1 Å². The summed E-state index contributed by atoms with van der Waals surface area (Å²) in [5.41, 5.74) is 7.78. The monoisotopic (exact) mass is 216 g/mol. The maximum atomic E-state index is 11.7. The molecule has 1 aromatic heterocycles. The molecule has 1 heterocycles. The Hall–Kier alpha value is -1.61. The standard InChI is InChI=1S/C13H16N2O/c1-2-15-12-9-10(7-8-14)3-4-11(12)5-6-13(15)16/h3-6,9H,2,7-8,14H2,1H3. The molecule has 0 amide bonds. The molecule has 0 radical (unpaired) electrons. The summed E-state index contributed by atoms with van der Waals surface area (Å²) in [6.07, 6.45) is 0.850. The first kappa shape index (κ1) is 10.9. The Bertz CT molecular complexity index is 557. The van der Waals surface area contributed by atoms with Crippen LogP contribution in [0.2, 0.25) is 0 Å². The van der Waals surface area contributed by atoms with Gasteiger partial charge in [-0.15, -0.1) is 0 Å². The molecule has 0 unspecified atom stereocenters. The Morgan fingerprint density at radius 3 is 2.69 bits per heavy atom. The lowest BCUT2D eigenvalue weighted by Crippen LogP contribution is -2.18. The Kier molecular flexibility index (Phi) is 3.06. The lowest BCUT2D eigenvalue weighted by atomic mass is 10.1. The molecule has 1 aromatic carbocycles. The van der Waals surface area contributed by atoms with Crippen molar-refractivity contribution in [2.45, 2.75) is 19.9 Å². The summed E-state index contributed by atoms with van der Waals surface area (Å²) in [5.74, 6) is 0. The summed E-state index contributed by atoms with van der Waals surface area (Å²) in [6, 6.07) is 9.67. The van der Waals surface area contributed by atoms with Gasteiger partial charge in [-0.25, -0.2) is 0 Å². The first-order valence-corrected chi connectivity index (χ1v) is 5.59. The minimum atomic E-state index is 0.0555. The predicted molar refractivity (Wildman–Crippen MR) is 66.6 cm³/mol. The quantitative estimate of drug-likeness (QED) is 0.845. The van der Waals surface area contributed by atoms with E-state index in [2.05, 4.69) is 12.1 Å². The van der Waals surface area contributed by atoms with Crippen LogP contribution in [-0.4, -0.2) is 11.1 Å². The summed E-state index contributed by atoms with van der Waals surface area (Å²) in [4.78, 5) is 11.7. The molecule has 0 aliphatic rings. The van der Waals surface area contributed by atoms with Gasteiger partial charge in [0.2, 0.25) is 0 Å². The fourth-order valence-electron chi connectivity index (χ4n) is 1.98. The van der Waals surface area contributed by atoms with E-state index in [-0.39, 0.29) is 5.56 Å². The highest BCUT2D eigenvalue weighted by Gasteiger charge is 2.02. The summed E-state index contributed by atoms with van der Waals surface area (Å²) < 4.78 is 1.79. The highest BCUT2D eigenvalue weighted by molar-refractivity contribution is 5.79. The van der Waals surface area contributed by atoms with E-state index in [1.165, 1.54) is 5.56 Å². The van der Waals surface area contributed by atoms with Crippen molar-refractivity contribution < 1.29 is 0 Å². The molecule has 3 nitrogen and oxygen atoms in total. The molecule has 0 spiro atoms. The lowest BCUT2D eigenvalue weighted by Gasteiger charge is -2.08. The van der Waals surface area contributed by atoms with Crippen molar-refractivity contribution in [1.82, 2.24) is 4.57 Å². The highest BCUT2D eigenvalue weighted by Crippen LogP contribution is 2.14. The van der Waals surface area contributed by atoms with E-state index < -0.39 is 0 Å². The fourth-order valence-corrected chi connectivity index (χ4v) is 1.98. The molecule has 0 atom stereocenters. The summed E-state index contributed by atoms with van der Waals surface area (Å²) >= 11 is 0. The third-order valence-electron chi connectivity index (χ3n) is 2.81. The molecule has 16 heavy (non-hydrogen) atoms. The van der Waals surface area contributed by atoms with Gasteiger partial charge < -0.3 is 10.3 Å². The number of hydrogen-bond acceptors (Lipinski definition) is 2. The zero-order valence-electron chi connectivity index (χ0n) is 9.44. The van der Waals surface area contributed by atoms with Crippen molar-refractivity contribution in [3.8, 4) is 0 Å². The Labute approximate surface area is 94.5 Å². The van der Waals surface area contributed by atoms with Crippen LogP contribution >= 0.6 is 0 Å². The van der Waals surface area contributed by atoms with Crippen LogP contribution < -0.4 is 11.3 Å². The lowest BCUT2D eigenvalue weighted by molar-refractivity contribution is 0.759. The number of nitrogens with two attached hydrogens (primary N) is 1. The molecule has 0 fully saturated rings. The van der Waals surface area contributed by atoms with E-state index in [0.717, 1.165) is 17.3 Å². The van der Waals surface area contributed by atoms with Gasteiger partial charge in [-0.3, -0.25) is 4.79 Å². The average Bonchev–Trinajstić information content (AvgIpc) is 2.29. The number of hydrogen-bond donors (Lipinski definition) is 1. The Morgan fingerprint density at radius 2 is 2.00 bits per heavy atom. The molecule has 2 N–H and O–H groups in total. The highest BCUT2D eigenvalue weighted by atomic mass is 16.1. The number of rotatable bonds is 3. The Balaban J connectivity index is 2.68. The van der Waals surface area contributed by atoms with Crippen LogP contribution in [0.25, 0.3) is 10.9 Å². The fraction of sp³-hybridized carbons (Fsp3) is 0.308. The van der Waals surface area contributed by atoms with Crippen molar-refractivity contribution in [2.75, 3.05) is 6.54 Å². The third kappa shape index (κ3) is 1.86. The van der Waals surface area contributed by atoms with Crippen molar-refractivity contribution in [2.24, 2.45) is 5.73 Å². The number of pyridine rings is 1. The van der Waals surface area contributed by atoms with Gasteiger partial charge in [0.05, 0.1) is 5.52 Å². The summed E-state index contributed by atoms with van der Waals surface area (Å²) in [6.45, 7) is 3.31. The molecular formula is C13H16N2O. The van der Waals surface area contributed by atoms with Crippen LogP contribution in [0, 0.1) is 0 Å². The molecule has 84 valence electrons. The van der Waals surface area contributed by atoms with Gasteiger partial charge in [-0.05, 0) is 43.0 Å². The number of nitrogens with zero attached hydrogens (tertiary/aromatic N) is 1. The number of aromatic nitrogens is 1. The second-order valence-corrected chi connectivity index (χ2v) is 3.85. The second kappa shape index (κ2) is 4.49. The van der Waals surface area contributed by atoms with E-state index in [0.29, 0.717) is 13.1 Å². The van der Waals surface area contributed by atoms with Crippen LogP contribution in [0.1, 0.15) is 12.5 Å². The maximum Gasteiger partial charge on any atom is 0.250 e. The van der Waals surface area contributed by atoms with Gasteiger partial charge in [0.1, 0.15) is 0 Å². The number of aryl methyl sites for hydroxylation is 1. The number of fused-ring (bicyclic) bond motifs is 1. The van der Waals surface area contributed by atoms with Gasteiger partial charge >= 0.3 is 0 Å². The van der Waals surface area contributed by atoms with Gasteiger partial charge in [-0.2, -0.15) is 0 Å². The molecular weight excluding hydrogens is 200 g/mol. The molecule has 0 saturated heterocycles. The van der Waals surface area contributed by atoms with E-state index >= 15 is 0 Å². The van der Waals surface area contributed by atoms with Crippen molar-refractivity contribution in [3.05, 3.63) is 46.2 Å². The molecule has 2 aromatic rings. The van der Waals surface area contributed by atoms with E-state index in [1.54, 1.807) is 10.6 Å². The third-order valence-corrected chi connectivity index (χ3v) is 2.81. The molecule has 0 aliphatic heterocycles. The second-order valence-electron chi connectivity index (χ2n) is 3.85. The smallest absolute Gasteiger partial charge is 0.250 e. The van der Waals surface area contributed by atoms with Gasteiger partial charge in [0.25, 0.3) is 5.56 Å². The van der Waals surface area contributed by atoms with Crippen LogP contribution in [-0.2, 0) is 13.0 Å². The molecule has 2 rings (SSSR count). The molecule has 3 heteroatoms. The van der Waals surface area contributed by atoms with Crippen molar-refractivity contribution >= 4 is 10.9 Å². The number of benzene rings is 1. The first-order valence-electron chi connectivity index (χ1n) is 5.59. The molecule has 0 aliphatic carbocycles. The molecule has 0 saturated carbocycles. The molecule has 0 bridgehead atoms. The Morgan fingerprint density at radius 1 is 1.25 bits per heavy atom. The van der Waals surface area contributed by atoms with Crippen LogP contribution in [0.5, 0.6) is 0 Å². The first-order chi connectivity index (χ1) is 7.76. The largest absolute Gasteiger partial charge is 0.330 e. The van der Waals surface area contributed by atoms with Gasteiger partial charge in [0.15, 0.2) is 0 Å². The van der Waals surface area contributed by atoms with E-state index in [4.69, 9.17) is 5.73 Å². The average molecular weight is 216 g/mol.